The van der Waals surface area contributed by atoms with Gasteiger partial charge >= 0.3 is 0 Å². The molecule has 0 bridgehead atoms. The van der Waals surface area contributed by atoms with Gasteiger partial charge in [-0.15, -0.1) is 0 Å². The Morgan fingerprint density at radius 1 is 1.24 bits per heavy atom. The lowest BCUT2D eigenvalue weighted by atomic mass is 10.1. The molecule has 2 rings (SSSR count). The van der Waals surface area contributed by atoms with Crippen molar-refractivity contribution in [2.45, 2.75) is 45.4 Å². The SMILES string of the molecule is CCN(CC1(C#N)CC1)S(=O)(=O)c1c(C)cc(C)cc1C. The van der Waals surface area contributed by atoms with Gasteiger partial charge in [-0.25, -0.2) is 8.42 Å². The van der Waals surface area contributed by atoms with Gasteiger partial charge in [0.25, 0.3) is 0 Å². The molecule has 114 valence electrons. The zero-order valence-corrected chi connectivity index (χ0v) is 13.9. The predicted octanol–water partition coefficient (Wildman–Crippen LogP) is 2.93. The Kier molecular flexibility index (Phi) is 4.14. The van der Waals surface area contributed by atoms with Crippen molar-refractivity contribution in [1.82, 2.24) is 4.31 Å². The van der Waals surface area contributed by atoms with Gasteiger partial charge in [0.2, 0.25) is 10.0 Å². The summed E-state index contributed by atoms with van der Waals surface area (Å²) in [4.78, 5) is 0.392. The summed E-state index contributed by atoms with van der Waals surface area (Å²) in [5.41, 5.74) is 2.14. The van der Waals surface area contributed by atoms with E-state index in [1.165, 1.54) is 4.31 Å². The van der Waals surface area contributed by atoms with Crippen molar-refractivity contribution in [2.75, 3.05) is 13.1 Å². The lowest BCUT2D eigenvalue weighted by Crippen LogP contribution is -2.36. The molecule has 0 radical (unpaired) electrons. The molecule has 1 aliphatic rings. The van der Waals surface area contributed by atoms with E-state index in [1.807, 2.05) is 39.8 Å². The number of nitriles is 1. The number of sulfonamides is 1. The van der Waals surface area contributed by atoms with Crippen molar-refractivity contribution in [2.24, 2.45) is 5.41 Å². The van der Waals surface area contributed by atoms with Crippen LogP contribution in [0.2, 0.25) is 0 Å². The minimum Gasteiger partial charge on any atom is -0.207 e. The third-order valence-electron chi connectivity index (χ3n) is 4.12. The highest BCUT2D eigenvalue weighted by Crippen LogP contribution is 2.46. The normalized spacial score (nSPS) is 16.8. The molecular weight excluding hydrogens is 284 g/mol. The van der Waals surface area contributed by atoms with Crippen molar-refractivity contribution in [3.05, 3.63) is 28.8 Å². The van der Waals surface area contributed by atoms with Crippen molar-refractivity contribution in [3.8, 4) is 6.07 Å². The van der Waals surface area contributed by atoms with Crippen molar-refractivity contribution >= 4 is 10.0 Å². The first-order chi connectivity index (χ1) is 9.75. The molecule has 0 spiro atoms. The van der Waals surface area contributed by atoms with Crippen molar-refractivity contribution in [3.63, 3.8) is 0 Å². The van der Waals surface area contributed by atoms with E-state index >= 15 is 0 Å². The van der Waals surface area contributed by atoms with Gasteiger partial charge in [-0.2, -0.15) is 9.57 Å². The van der Waals surface area contributed by atoms with Gasteiger partial charge in [-0.1, -0.05) is 24.6 Å². The predicted molar refractivity (Wildman–Crippen MR) is 82.4 cm³/mol. The first-order valence-corrected chi connectivity index (χ1v) is 8.69. The Bertz CT molecular complexity index is 674. The number of benzene rings is 1. The maximum absolute atomic E-state index is 13.0. The second kappa shape index (κ2) is 5.43. The van der Waals surface area contributed by atoms with Gasteiger partial charge in [0.1, 0.15) is 0 Å². The number of hydrogen-bond acceptors (Lipinski definition) is 3. The van der Waals surface area contributed by atoms with E-state index in [1.54, 1.807) is 0 Å². The molecule has 0 unspecified atom stereocenters. The first kappa shape index (κ1) is 16.0. The van der Waals surface area contributed by atoms with Gasteiger partial charge in [-0.05, 0) is 44.7 Å². The number of aryl methyl sites for hydroxylation is 3. The minimum atomic E-state index is -3.55. The number of rotatable bonds is 5. The summed E-state index contributed by atoms with van der Waals surface area (Å²) in [6, 6.07) is 6.06. The van der Waals surface area contributed by atoms with Crippen LogP contribution in [0.1, 0.15) is 36.5 Å². The molecule has 21 heavy (non-hydrogen) atoms. The van der Waals surface area contributed by atoms with Crippen LogP contribution in [0.5, 0.6) is 0 Å². The maximum atomic E-state index is 13.0. The van der Waals surface area contributed by atoms with Crippen LogP contribution in [0.25, 0.3) is 0 Å². The van der Waals surface area contributed by atoms with Crippen LogP contribution in [-0.2, 0) is 10.0 Å². The van der Waals surface area contributed by atoms with E-state index < -0.39 is 15.4 Å². The van der Waals surface area contributed by atoms with E-state index in [0.717, 1.165) is 29.5 Å². The standard InChI is InChI=1S/C16H22N2O2S/c1-5-18(11-16(10-17)6-7-16)21(19,20)15-13(3)8-12(2)9-14(15)4/h8-9H,5-7,11H2,1-4H3. The summed E-state index contributed by atoms with van der Waals surface area (Å²) in [6.07, 6.45) is 1.59. The number of nitrogens with zero attached hydrogens (tertiary/aromatic N) is 2. The van der Waals surface area contributed by atoms with Crippen LogP contribution in [0.3, 0.4) is 0 Å². The van der Waals surface area contributed by atoms with Crippen LogP contribution in [0, 0.1) is 37.5 Å². The molecule has 1 aromatic rings. The molecule has 1 aliphatic carbocycles. The smallest absolute Gasteiger partial charge is 0.207 e. The molecule has 0 amide bonds. The van der Waals surface area contributed by atoms with E-state index in [2.05, 4.69) is 6.07 Å². The van der Waals surface area contributed by atoms with Gasteiger partial charge in [0.15, 0.2) is 0 Å². The fourth-order valence-corrected chi connectivity index (χ4v) is 4.81. The van der Waals surface area contributed by atoms with Crippen LogP contribution in [0.15, 0.2) is 17.0 Å². The Balaban J connectivity index is 2.43. The Labute approximate surface area is 127 Å². The Morgan fingerprint density at radius 2 is 1.76 bits per heavy atom. The average molecular weight is 306 g/mol. The third-order valence-corrected chi connectivity index (χ3v) is 6.35. The Morgan fingerprint density at radius 3 is 2.14 bits per heavy atom. The molecule has 0 aliphatic heterocycles. The summed E-state index contributed by atoms with van der Waals surface area (Å²) < 4.78 is 27.4. The van der Waals surface area contributed by atoms with Gasteiger partial charge in [-0.3, -0.25) is 0 Å². The summed E-state index contributed by atoms with van der Waals surface area (Å²) in [6.45, 7) is 8.14. The van der Waals surface area contributed by atoms with Gasteiger partial charge in [0, 0.05) is 13.1 Å². The highest BCUT2D eigenvalue weighted by atomic mass is 32.2. The molecule has 1 saturated carbocycles. The quantitative estimate of drug-likeness (QED) is 0.840. The lowest BCUT2D eigenvalue weighted by molar-refractivity contribution is 0.380. The fraction of sp³-hybridized carbons (Fsp3) is 0.562. The van der Waals surface area contributed by atoms with Crippen LogP contribution < -0.4 is 0 Å². The molecule has 1 aromatic carbocycles. The highest BCUT2D eigenvalue weighted by molar-refractivity contribution is 7.89. The first-order valence-electron chi connectivity index (χ1n) is 7.25. The Hall–Kier alpha value is -1.38. The highest BCUT2D eigenvalue weighted by Gasteiger charge is 2.46. The van der Waals surface area contributed by atoms with Gasteiger partial charge < -0.3 is 0 Å². The van der Waals surface area contributed by atoms with Crippen molar-refractivity contribution in [1.29, 1.82) is 5.26 Å². The summed E-state index contributed by atoms with van der Waals surface area (Å²) in [5.74, 6) is 0. The average Bonchev–Trinajstić information content (AvgIpc) is 3.14. The molecule has 0 aromatic heterocycles. The van der Waals surface area contributed by atoms with Crippen LogP contribution in [-0.4, -0.2) is 25.8 Å². The number of hydrogen-bond donors (Lipinski definition) is 0. The molecule has 4 nitrogen and oxygen atoms in total. The molecular formula is C16H22N2O2S. The zero-order chi connectivity index (χ0) is 15.8. The van der Waals surface area contributed by atoms with E-state index in [-0.39, 0.29) is 0 Å². The monoisotopic (exact) mass is 306 g/mol. The fourth-order valence-electron chi connectivity index (χ4n) is 2.86. The topological polar surface area (TPSA) is 61.2 Å². The van der Waals surface area contributed by atoms with E-state index in [0.29, 0.717) is 18.0 Å². The largest absolute Gasteiger partial charge is 0.243 e. The van der Waals surface area contributed by atoms with E-state index in [4.69, 9.17) is 0 Å². The van der Waals surface area contributed by atoms with Crippen LogP contribution in [0.4, 0.5) is 0 Å². The summed E-state index contributed by atoms with van der Waals surface area (Å²) >= 11 is 0. The van der Waals surface area contributed by atoms with Crippen LogP contribution >= 0.6 is 0 Å². The zero-order valence-electron chi connectivity index (χ0n) is 13.1. The molecule has 0 N–H and O–H groups in total. The van der Waals surface area contributed by atoms with Gasteiger partial charge in [0.05, 0.1) is 16.4 Å². The lowest BCUT2D eigenvalue weighted by Gasteiger charge is -2.24. The van der Waals surface area contributed by atoms with Crippen molar-refractivity contribution < 1.29 is 8.42 Å². The maximum Gasteiger partial charge on any atom is 0.243 e. The summed E-state index contributed by atoms with van der Waals surface area (Å²) in [5, 5.41) is 9.21. The molecule has 1 fully saturated rings. The minimum absolute atomic E-state index is 0.301. The second-order valence-corrected chi connectivity index (χ2v) is 7.93. The second-order valence-electron chi connectivity index (χ2n) is 6.05. The molecule has 0 atom stereocenters. The molecule has 0 heterocycles. The summed E-state index contributed by atoms with van der Waals surface area (Å²) in [7, 11) is -3.55. The molecule has 0 saturated heterocycles. The third kappa shape index (κ3) is 2.97. The van der Waals surface area contributed by atoms with E-state index in [9.17, 15) is 13.7 Å². The molecule has 5 heteroatoms.